The Bertz CT molecular complexity index is 1710. The minimum absolute atomic E-state index is 0.0134. The Morgan fingerprint density at radius 1 is 1.00 bits per heavy atom. The zero-order valence-electron chi connectivity index (χ0n) is 26.0. The molecule has 11 heteroatoms. The third-order valence-corrected chi connectivity index (χ3v) is 8.11. The number of aliphatic hydroxyl groups excluding tert-OH is 1. The number of nitrogens with one attached hydrogen (secondary N) is 3. The molecule has 0 fully saturated rings. The van der Waals surface area contributed by atoms with E-state index in [2.05, 4.69) is 16.0 Å². The highest BCUT2D eigenvalue weighted by Crippen LogP contribution is 2.30. The van der Waals surface area contributed by atoms with Gasteiger partial charge in [0.25, 0.3) is 0 Å². The van der Waals surface area contributed by atoms with E-state index in [1.54, 1.807) is 37.1 Å². The number of halogens is 1. The molecule has 0 aliphatic carbocycles. The molecule has 3 atom stereocenters. The van der Waals surface area contributed by atoms with Crippen LogP contribution in [-0.4, -0.2) is 71.8 Å². The number of carbonyl (C=O) groups is 3. The van der Waals surface area contributed by atoms with E-state index in [-0.39, 0.29) is 31.4 Å². The molecule has 5 amide bonds. The van der Waals surface area contributed by atoms with E-state index in [9.17, 15) is 23.9 Å². The third kappa shape index (κ3) is 7.73. The summed E-state index contributed by atoms with van der Waals surface area (Å²) in [5.74, 6) is -0.373. The predicted molar refractivity (Wildman–Crippen MR) is 177 cm³/mol. The van der Waals surface area contributed by atoms with E-state index in [1.807, 2.05) is 49.4 Å². The van der Waals surface area contributed by atoms with E-state index in [4.69, 9.17) is 4.74 Å². The molecule has 240 valence electrons. The van der Waals surface area contributed by atoms with Crippen LogP contribution in [0.15, 0.2) is 84.9 Å². The average molecular weight is 628 g/mol. The molecule has 5 rings (SSSR count). The Morgan fingerprint density at radius 2 is 1.72 bits per heavy atom. The molecule has 0 aromatic heterocycles. The van der Waals surface area contributed by atoms with Gasteiger partial charge in [0.15, 0.2) is 0 Å². The zero-order valence-corrected chi connectivity index (χ0v) is 26.0. The SMILES string of the molecule is C[C@H](CO)N1C[C@H](C)[C@H](CN(C)C(=O)Nc2ccc(F)cc2)Oc2ccc(NC(=O)Nc3cccc4ccccc34)cc2CC1=O. The van der Waals surface area contributed by atoms with Crippen molar-refractivity contribution in [1.29, 1.82) is 0 Å². The first-order valence-electron chi connectivity index (χ1n) is 15.1. The number of aliphatic hydroxyl groups is 1. The van der Waals surface area contributed by atoms with Crippen molar-refractivity contribution >= 4 is 45.8 Å². The predicted octanol–water partition coefficient (Wildman–Crippen LogP) is 5.94. The first kappa shape index (κ1) is 32.2. The molecule has 0 saturated heterocycles. The number of fused-ring (bicyclic) bond motifs is 2. The highest BCUT2D eigenvalue weighted by atomic mass is 19.1. The molecule has 1 heterocycles. The van der Waals surface area contributed by atoms with Crippen molar-refractivity contribution in [1.82, 2.24) is 9.80 Å². The van der Waals surface area contributed by atoms with Gasteiger partial charge in [0.05, 0.1) is 31.3 Å². The fraction of sp³-hybridized carbons (Fsp3) is 0.286. The molecular formula is C35H38FN5O5. The monoisotopic (exact) mass is 627 g/mol. The van der Waals surface area contributed by atoms with Crippen molar-refractivity contribution in [2.24, 2.45) is 5.92 Å². The van der Waals surface area contributed by atoms with Crippen LogP contribution in [-0.2, 0) is 11.2 Å². The summed E-state index contributed by atoms with van der Waals surface area (Å²) >= 11 is 0. The summed E-state index contributed by atoms with van der Waals surface area (Å²) in [6, 6.07) is 22.7. The molecule has 0 unspecified atom stereocenters. The van der Waals surface area contributed by atoms with Gasteiger partial charge in [-0.15, -0.1) is 0 Å². The first-order chi connectivity index (χ1) is 22.1. The number of carbonyl (C=O) groups excluding carboxylic acids is 3. The Morgan fingerprint density at radius 3 is 2.48 bits per heavy atom. The van der Waals surface area contributed by atoms with Crippen LogP contribution in [0.2, 0.25) is 0 Å². The molecule has 0 saturated carbocycles. The summed E-state index contributed by atoms with van der Waals surface area (Å²) in [6.45, 7) is 3.96. The number of urea groups is 2. The fourth-order valence-electron chi connectivity index (χ4n) is 5.45. The summed E-state index contributed by atoms with van der Waals surface area (Å²) in [6.07, 6.45) is -0.545. The second-order valence-corrected chi connectivity index (χ2v) is 11.6. The number of hydrogen-bond acceptors (Lipinski definition) is 5. The molecule has 1 aliphatic rings. The van der Waals surface area contributed by atoms with Gasteiger partial charge >= 0.3 is 12.1 Å². The standard InChI is InChI=1S/C35H38FN5O5/c1-22-19-41(23(2)21-42)33(43)18-25-17-28(37-34(44)39-30-10-6-8-24-7-4-5-9-29(24)30)15-16-31(25)46-32(22)20-40(3)35(45)38-27-13-11-26(36)12-14-27/h4-17,22-23,32,42H,18-21H2,1-3H3,(H,38,45)(H2,37,39,44)/t22-,23+,32-/m0/s1. The summed E-state index contributed by atoms with van der Waals surface area (Å²) < 4.78 is 19.8. The van der Waals surface area contributed by atoms with Crippen molar-refractivity contribution in [3.8, 4) is 5.75 Å². The summed E-state index contributed by atoms with van der Waals surface area (Å²) in [7, 11) is 1.63. The highest BCUT2D eigenvalue weighted by Gasteiger charge is 2.32. The Labute approximate surface area is 267 Å². The summed E-state index contributed by atoms with van der Waals surface area (Å²) in [4.78, 5) is 42.7. The van der Waals surface area contributed by atoms with Crippen LogP contribution in [0.5, 0.6) is 5.75 Å². The molecule has 10 nitrogen and oxygen atoms in total. The Balaban J connectivity index is 1.36. The number of anilines is 3. The Kier molecular flexibility index (Phi) is 10.0. The molecule has 0 radical (unpaired) electrons. The zero-order chi connectivity index (χ0) is 32.8. The number of rotatable bonds is 7. The number of likely N-dealkylation sites (N-methyl/N-ethyl adjacent to an activating group) is 1. The number of amides is 5. The van der Waals surface area contributed by atoms with Gasteiger partial charge in [-0.25, -0.2) is 14.0 Å². The van der Waals surface area contributed by atoms with Crippen LogP contribution in [0.1, 0.15) is 19.4 Å². The molecule has 4 aromatic carbocycles. The van der Waals surface area contributed by atoms with Gasteiger partial charge in [-0.05, 0) is 60.8 Å². The van der Waals surface area contributed by atoms with Crippen LogP contribution in [0, 0.1) is 11.7 Å². The largest absolute Gasteiger partial charge is 0.488 e. The first-order valence-corrected chi connectivity index (χ1v) is 15.1. The minimum atomic E-state index is -0.532. The average Bonchev–Trinajstić information content (AvgIpc) is 3.09. The quantitative estimate of drug-likeness (QED) is 0.202. The summed E-state index contributed by atoms with van der Waals surface area (Å²) in [5.41, 5.74) is 2.13. The lowest BCUT2D eigenvalue weighted by atomic mass is 10.0. The number of hydrogen-bond donors (Lipinski definition) is 4. The number of benzene rings is 4. The lowest BCUT2D eigenvalue weighted by molar-refractivity contribution is -0.134. The Hall–Kier alpha value is -5.16. The van der Waals surface area contributed by atoms with Gasteiger partial charge in [0.2, 0.25) is 5.91 Å². The van der Waals surface area contributed by atoms with Crippen molar-refractivity contribution in [2.45, 2.75) is 32.4 Å². The van der Waals surface area contributed by atoms with Crippen molar-refractivity contribution < 1.29 is 28.6 Å². The van der Waals surface area contributed by atoms with Gasteiger partial charge in [-0.2, -0.15) is 0 Å². The van der Waals surface area contributed by atoms with E-state index >= 15 is 0 Å². The maximum atomic E-state index is 13.6. The van der Waals surface area contributed by atoms with Crippen molar-refractivity contribution in [2.75, 3.05) is 42.7 Å². The highest BCUT2D eigenvalue weighted by molar-refractivity contribution is 6.06. The van der Waals surface area contributed by atoms with Crippen LogP contribution < -0.4 is 20.7 Å². The van der Waals surface area contributed by atoms with Crippen LogP contribution in [0.3, 0.4) is 0 Å². The van der Waals surface area contributed by atoms with Gasteiger partial charge in [0, 0.05) is 41.8 Å². The minimum Gasteiger partial charge on any atom is -0.488 e. The third-order valence-electron chi connectivity index (χ3n) is 8.11. The van der Waals surface area contributed by atoms with Gasteiger partial charge in [-0.1, -0.05) is 43.3 Å². The molecular weight excluding hydrogens is 589 g/mol. The van der Waals surface area contributed by atoms with Gasteiger partial charge < -0.3 is 35.6 Å². The molecule has 46 heavy (non-hydrogen) atoms. The van der Waals surface area contributed by atoms with E-state index < -0.39 is 30.0 Å². The van der Waals surface area contributed by atoms with E-state index in [0.717, 1.165) is 10.8 Å². The molecule has 0 spiro atoms. The second-order valence-electron chi connectivity index (χ2n) is 11.6. The topological polar surface area (TPSA) is 123 Å². The summed E-state index contributed by atoms with van der Waals surface area (Å²) in [5, 5.41) is 20.3. The van der Waals surface area contributed by atoms with Crippen molar-refractivity contribution in [3.63, 3.8) is 0 Å². The van der Waals surface area contributed by atoms with E-state index in [1.165, 1.54) is 29.2 Å². The van der Waals surface area contributed by atoms with Gasteiger partial charge in [-0.3, -0.25) is 4.79 Å². The fourth-order valence-corrected chi connectivity index (χ4v) is 5.45. The van der Waals surface area contributed by atoms with Crippen LogP contribution in [0.4, 0.5) is 31.0 Å². The van der Waals surface area contributed by atoms with E-state index in [0.29, 0.717) is 34.9 Å². The maximum absolute atomic E-state index is 13.6. The lowest BCUT2D eigenvalue weighted by Crippen LogP contribution is -2.48. The van der Waals surface area contributed by atoms with Crippen LogP contribution >= 0.6 is 0 Å². The molecule has 1 aliphatic heterocycles. The van der Waals surface area contributed by atoms with Crippen LogP contribution in [0.25, 0.3) is 10.8 Å². The molecule has 4 N–H and O–H groups in total. The van der Waals surface area contributed by atoms with Gasteiger partial charge in [0.1, 0.15) is 17.7 Å². The molecule has 0 bridgehead atoms. The van der Waals surface area contributed by atoms with Crippen molar-refractivity contribution in [3.05, 3.63) is 96.3 Å². The number of ether oxygens (including phenoxy) is 1. The lowest BCUT2D eigenvalue weighted by Gasteiger charge is -2.34. The second kappa shape index (κ2) is 14.3. The smallest absolute Gasteiger partial charge is 0.323 e. The number of nitrogens with zero attached hydrogens (tertiary/aromatic N) is 2. The molecule has 4 aromatic rings. The maximum Gasteiger partial charge on any atom is 0.323 e. The normalized spacial score (nSPS) is 17.1.